The van der Waals surface area contributed by atoms with Crippen molar-refractivity contribution in [3.05, 3.63) is 0 Å². The van der Waals surface area contributed by atoms with E-state index in [2.05, 4.69) is 12.2 Å². The Hall–Kier alpha value is -0.570. The maximum atomic E-state index is 11.6. The van der Waals surface area contributed by atoms with Gasteiger partial charge in [-0.3, -0.25) is 4.79 Å². The molecule has 17 heavy (non-hydrogen) atoms. The van der Waals surface area contributed by atoms with E-state index >= 15 is 0 Å². The summed E-state index contributed by atoms with van der Waals surface area (Å²) >= 11 is 0. The quantitative estimate of drug-likeness (QED) is 0.796. The lowest BCUT2D eigenvalue weighted by Gasteiger charge is -2.38. The molecule has 0 aromatic rings. The number of nitrogens with one attached hydrogen (secondary N) is 1. The first kappa shape index (κ1) is 12.9. The van der Waals surface area contributed by atoms with E-state index in [4.69, 9.17) is 0 Å². The van der Waals surface area contributed by atoms with Crippen LogP contribution in [-0.2, 0) is 4.79 Å². The van der Waals surface area contributed by atoms with Gasteiger partial charge >= 0.3 is 0 Å². The second-order valence-electron chi connectivity index (χ2n) is 5.81. The van der Waals surface area contributed by atoms with Gasteiger partial charge in [0.2, 0.25) is 5.91 Å². The molecule has 0 radical (unpaired) electrons. The Kier molecular flexibility index (Phi) is 4.43. The average Bonchev–Trinajstić information content (AvgIpc) is 3.10. The fourth-order valence-electron chi connectivity index (χ4n) is 2.87. The molecule has 1 N–H and O–H groups in total. The molecule has 2 fully saturated rings. The summed E-state index contributed by atoms with van der Waals surface area (Å²) in [5.74, 6) is 0.956. The van der Waals surface area contributed by atoms with Crippen molar-refractivity contribution >= 4 is 5.91 Å². The molecule has 0 aromatic heterocycles. The zero-order chi connectivity index (χ0) is 12.3. The van der Waals surface area contributed by atoms with Crippen molar-refractivity contribution in [3.8, 4) is 0 Å². The van der Waals surface area contributed by atoms with Gasteiger partial charge in [-0.15, -0.1) is 0 Å². The van der Waals surface area contributed by atoms with Gasteiger partial charge < -0.3 is 10.2 Å². The topological polar surface area (TPSA) is 32.3 Å². The Labute approximate surface area is 105 Å². The van der Waals surface area contributed by atoms with Crippen LogP contribution in [0, 0.1) is 5.92 Å². The molecule has 2 rings (SSSR count). The normalized spacial score (nSPS) is 29.4. The van der Waals surface area contributed by atoms with Crippen molar-refractivity contribution in [1.82, 2.24) is 10.2 Å². The van der Waals surface area contributed by atoms with Crippen LogP contribution < -0.4 is 5.32 Å². The lowest BCUT2D eigenvalue weighted by molar-refractivity contribution is -0.131. The Balaban J connectivity index is 1.86. The summed E-state index contributed by atoms with van der Waals surface area (Å²) in [5.41, 5.74) is 0. The van der Waals surface area contributed by atoms with Crippen molar-refractivity contribution < 1.29 is 4.79 Å². The molecule has 2 atom stereocenters. The summed E-state index contributed by atoms with van der Waals surface area (Å²) < 4.78 is 0. The predicted molar refractivity (Wildman–Crippen MR) is 69.8 cm³/mol. The van der Waals surface area contributed by atoms with E-state index in [1.165, 1.54) is 38.5 Å². The molecule has 3 heteroatoms. The maximum Gasteiger partial charge on any atom is 0.219 e. The third kappa shape index (κ3) is 3.98. The third-order valence-electron chi connectivity index (χ3n) is 4.00. The Morgan fingerprint density at radius 3 is 2.65 bits per heavy atom. The molecule has 0 aromatic carbocycles. The molecule has 98 valence electrons. The first-order valence-electron chi connectivity index (χ1n) is 7.20. The molecule has 1 aliphatic carbocycles. The molecule has 2 unspecified atom stereocenters. The summed E-state index contributed by atoms with van der Waals surface area (Å²) in [6.07, 6.45) is 7.76. The van der Waals surface area contributed by atoms with Crippen LogP contribution in [0.5, 0.6) is 0 Å². The smallest absolute Gasteiger partial charge is 0.219 e. The standard InChI is InChI=1S/C14H26N2O/c1-3-4-5-12-8-14(15-13-6-7-13)10-16(9-12)11(2)17/h12-15H,3-10H2,1-2H3. The van der Waals surface area contributed by atoms with Crippen LogP contribution in [0.2, 0.25) is 0 Å². The number of carbonyl (C=O) groups excluding carboxylic acids is 1. The number of amides is 1. The van der Waals surface area contributed by atoms with Gasteiger partial charge in [0.1, 0.15) is 0 Å². The van der Waals surface area contributed by atoms with E-state index in [9.17, 15) is 4.79 Å². The van der Waals surface area contributed by atoms with E-state index in [0.29, 0.717) is 12.0 Å². The molecule has 2 aliphatic rings. The van der Waals surface area contributed by atoms with Gasteiger partial charge in [0.15, 0.2) is 0 Å². The zero-order valence-corrected chi connectivity index (χ0v) is 11.2. The third-order valence-corrected chi connectivity index (χ3v) is 4.00. The van der Waals surface area contributed by atoms with E-state index in [0.717, 1.165) is 19.1 Å². The summed E-state index contributed by atoms with van der Waals surface area (Å²) in [6, 6.07) is 1.29. The van der Waals surface area contributed by atoms with E-state index < -0.39 is 0 Å². The van der Waals surface area contributed by atoms with E-state index in [1.807, 2.05) is 4.90 Å². The zero-order valence-electron chi connectivity index (χ0n) is 11.2. The van der Waals surface area contributed by atoms with E-state index in [-0.39, 0.29) is 5.91 Å². The Morgan fingerprint density at radius 1 is 1.29 bits per heavy atom. The fraction of sp³-hybridized carbons (Fsp3) is 0.929. The monoisotopic (exact) mass is 238 g/mol. The molecule has 1 amide bonds. The highest BCUT2D eigenvalue weighted by molar-refractivity contribution is 5.73. The van der Waals surface area contributed by atoms with Crippen LogP contribution in [0.25, 0.3) is 0 Å². The minimum Gasteiger partial charge on any atom is -0.341 e. The molecule has 1 saturated carbocycles. The summed E-state index contributed by atoms with van der Waals surface area (Å²) in [6.45, 7) is 5.86. The minimum absolute atomic E-state index is 0.244. The van der Waals surface area contributed by atoms with E-state index in [1.54, 1.807) is 6.92 Å². The highest BCUT2D eigenvalue weighted by atomic mass is 16.2. The molecule has 0 bridgehead atoms. The summed E-state index contributed by atoms with van der Waals surface area (Å²) in [5, 5.41) is 3.69. The summed E-state index contributed by atoms with van der Waals surface area (Å²) in [7, 11) is 0. The van der Waals surface area contributed by atoms with Gasteiger partial charge in [0.05, 0.1) is 0 Å². The lowest BCUT2D eigenvalue weighted by Crippen LogP contribution is -2.51. The number of likely N-dealkylation sites (tertiary alicyclic amines) is 1. The first-order valence-corrected chi connectivity index (χ1v) is 7.20. The molecule has 1 heterocycles. The van der Waals surface area contributed by atoms with Crippen LogP contribution in [0.15, 0.2) is 0 Å². The number of nitrogens with zero attached hydrogens (tertiary/aromatic N) is 1. The Bertz CT molecular complexity index is 263. The number of carbonyl (C=O) groups is 1. The van der Waals surface area contributed by atoms with Crippen molar-refractivity contribution in [2.24, 2.45) is 5.92 Å². The molecular formula is C14H26N2O. The second-order valence-corrected chi connectivity index (χ2v) is 5.81. The van der Waals surface area contributed by atoms with Gasteiger partial charge in [-0.05, 0) is 31.6 Å². The van der Waals surface area contributed by atoms with Crippen molar-refractivity contribution in [3.63, 3.8) is 0 Å². The van der Waals surface area contributed by atoms with Gasteiger partial charge in [-0.25, -0.2) is 0 Å². The first-order chi connectivity index (χ1) is 8.19. The minimum atomic E-state index is 0.244. The molecule has 0 spiro atoms. The van der Waals surface area contributed by atoms with Gasteiger partial charge in [0.25, 0.3) is 0 Å². The second kappa shape index (κ2) is 5.85. The lowest BCUT2D eigenvalue weighted by atomic mass is 9.90. The highest BCUT2D eigenvalue weighted by Crippen LogP contribution is 2.26. The number of unbranched alkanes of at least 4 members (excludes halogenated alkanes) is 1. The van der Waals surface area contributed by atoms with Crippen molar-refractivity contribution in [2.45, 2.75) is 64.5 Å². The molecule has 1 aliphatic heterocycles. The van der Waals surface area contributed by atoms with Crippen LogP contribution in [-0.4, -0.2) is 36.0 Å². The van der Waals surface area contributed by atoms with Crippen LogP contribution >= 0.6 is 0 Å². The summed E-state index contributed by atoms with van der Waals surface area (Å²) in [4.78, 5) is 13.6. The van der Waals surface area contributed by atoms with Crippen molar-refractivity contribution in [1.29, 1.82) is 0 Å². The average molecular weight is 238 g/mol. The number of piperidine rings is 1. The maximum absolute atomic E-state index is 11.6. The van der Waals surface area contributed by atoms with Gasteiger partial charge in [-0.1, -0.05) is 19.8 Å². The van der Waals surface area contributed by atoms with Crippen LogP contribution in [0.3, 0.4) is 0 Å². The van der Waals surface area contributed by atoms with Gasteiger partial charge in [0, 0.05) is 32.1 Å². The number of hydrogen-bond acceptors (Lipinski definition) is 2. The van der Waals surface area contributed by atoms with Crippen LogP contribution in [0.4, 0.5) is 0 Å². The SMILES string of the molecule is CCCCC1CC(NC2CC2)CN(C(C)=O)C1. The molecular weight excluding hydrogens is 212 g/mol. The number of hydrogen-bond donors (Lipinski definition) is 1. The van der Waals surface area contributed by atoms with Crippen molar-refractivity contribution in [2.75, 3.05) is 13.1 Å². The molecule has 3 nitrogen and oxygen atoms in total. The highest BCUT2D eigenvalue weighted by Gasteiger charge is 2.32. The largest absolute Gasteiger partial charge is 0.341 e. The fourth-order valence-corrected chi connectivity index (χ4v) is 2.87. The number of rotatable bonds is 5. The molecule has 1 saturated heterocycles. The van der Waals surface area contributed by atoms with Crippen LogP contribution in [0.1, 0.15) is 52.4 Å². The Morgan fingerprint density at radius 2 is 2.06 bits per heavy atom. The predicted octanol–water partition coefficient (Wildman–Crippen LogP) is 2.17. The van der Waals surface area contributed by atoms with Gasteiger partial charge in [-0.2, -0.15) is 0 Å².